The van der Waals surface area contributed by atoms with Gasteiger partial charge < -0.3 is 10.3 Å². The summed E-state index contributed by atoms with van der Waals surface area (Å²) in [4.78, 5) is 27.6. The van der Waals surface area contributed by atoms with E-state index in [-0.39, 0.29) is 44.9 Å². The van der Waals surface area contributed by atoms with Crippen LogP contribution < -0.4 is 10.9 Å². The van der Waals surface area contributed by atoms with Crippen LogP contribution in [0.1, 0.15) is 47.8 Å². The van der Waals surface area contributed by atoms with Gasteiger partial charge in [0, 0.05) is 29.0 Å². The molecule has 2 aliphatic rings. The number of hydrogen-bond acceptors (Lipinski definition) is 5. The van der Waals surface area contributed by atoms with Crippen LogP contribution in [0, 0.1) is 11.2 Å². The number of nitrogens with one attached hydrogen (secondary N) is 3. The molecule has 1 spiro atoms. The Kier molecular flexibility index (Phi) is 4.70. The van der Waals surface area contributed by atoms with E-state index in [0.29, 0.717) is 10.8 Å². The Labute approximate surface area is 199 Å². The van der Waals surface area contributed by atoms with Crippen LogP contribution in [0.25, 0.3) is 21.7 Å². The van der Waals surface area contributed by atoms with Gasteiger partial charge in [-0.3, -0.25) is 9.59 Å². The van der Waals surface area contributed by atoms with Crippen molar-refractivity contribution in [3.63, 3.8) is 0 Å². The Bertz CT molecular complexity index is 1680. The second kappa shape index (κ2) is 7.48. The number of sulfone groups is 1. The van der Waals surface area contributed by atoms with Crippen molar-refractivity contribution in [2.24, 2.45) is 5.41 Å². The van der Waals surface area contributed by atoms with Gasteiger partial charge in [0.2, 0.25) is 0 Å². The molecule has 2 heterocycles. The van der Waals surface area contributed by atoms with Crippen LogP contribution in [0.15, 0.2) is 52.2 Å². The molecule has 2 fully saturated rings. The Morgan fingerprint density at radius 1 is 1.11 bits per heavy atom. The van der Waals surface area contributed by atoms with Gasteiger partial charge in [-0.15, -0.1) is 0 Å². The lowest BCUT2D eigenvalue weighted by molar-refractivity contribution is -0.0197. The third-order valence-electron chi connectivity index (χ3n) is 7.47. The molecule has 3 N–H and O–H groups in total. The number of benzene rings is 2. The number of H-pyrrole nitrogens is 2. The molecule has 0 radical (unpaired) electrons. The topological polar surface area (TPSA) is 125 Å². The number of carbonyl (C=O) groups is 1. The summed E-state index contributed by atoms with van der Waals surface area (Å²) < 4.78 is 38.0. The van der Waals surface area contributed by atoms with Crippen LogP contribution in [-0.2, 0) is 9.84 Å². The maximum Gasteiger partial charge on any atom is 0.272 e. The van der Waals surface area contributed by atoms with Crippen molar-refractivity contribution >= 4 is 37.4 Å². The Morgan fingerprint density at radius 2 is 1.83 bits per heavy atom. The third kappa shape index (κ3) is 3.63. The van der Waals surface area contributed by atoms with E-state index in [0.717, 1.165) is 49.1 Å². The lowest BCUT2D eigenvalue weighted by Gasteiger charge is -2.57. The molecule has 10 heteroatoms. The van der Waals surface area contributed by atoms with E-state index >= 15 is 0 Å². The molecule has 0 saturated heterocycles. The van der Waals surface area contributed by atoms with Crippen LogP contribution in [0.4, 0.5) is 4.39 Å². The maximum absolute atomic E-state index is 13.9. The summed E-state index contributed by atoms with van der Waals surface area (Å²) in [6.45, 7) is 0. The van der Waals surface area contributed by atoms with Crippen LogP contribution in [0.3, 0.4) is 0 Å². The van der Waals surface area contributed by atoms with Crippen molar-refractivity contribution in [2.45, 2.75) is 42.5 Å². The van der Waals surface area contributed by atoms with Gasteiger partial charge in [0.25, 0.3) is 11.5 Å². The summed E-state index contributed by atoms with van der Waals surface area (Å²) in [7, 11) is -3.66. The summed E-state index contributed by atoms with van der Waals surface area (Å²) in [5, 5.41) is 11.8. The Hall–Kier alpha value is -3.53. The highest BCUT2D eigenvalue weighted by Crippen LogP contribution is 2.62. The Balaban J connectivity index is 1.13. The molecule has 2 aromatic heterocycles. The average molecular weight is 495 g/mol. The van der Waals surface area contributed by atoms with Gasteiger partial charge in [-0.25, -0.2) is 17.9 Å². The molecule has 0 unspecified atom stereocenters. The van der Waals surface area contributed by atoms with E-state index in [4.69, 9.17) is 0 Å². The normalized spacial score (nSPS) is 23.8. The first-order chi connectivity index (χ1) is 16.6. The van der Waals surface area contributed by atoms with Gasteiger partial charge >= 0.3 is 0 Å². The fourth-order valence-corrected chi connectivity index (χ4v) is 6.77. The molecule has 2 aromatic carbocycles. The second-order valence-corrected chi connectivity index (χ2v) is 12.0. The van der Waals surface area contributed by atoms with E-state index in [1.165, 1.54) is 12.1 Å². The average Bonchev–Trinajstić information content (AvgIpc) is 3.18. The SMILES string of the molecule is CS(=O)(=O)c1cc(F)cc2cc(C(=O)NC3CC4(C3)CC(c3n[nH]c(=O)c5ccccc35)C4)[nH]c12. The third-order valence-corrected chi connectivity index (χ3v) is 8.59. The van der Waals surface area contributed by atoms with Crippen LogP contribution in [0.2, 0.25) is 0 Å². The first-order valence-electron chi connectivity index (χ1n) is 11.4. The quantitative estimate of drug-likeness (QED) is 0.401. The number of carbonyl (C=O) groups excluding carboxylic acids is 1. The molecule has 35 heavy (non-hydrogen) atoms. The number of halogens is 1. The molecular weight excluding hydrogens is 471 g/mol. The fourth-order valence-electron chi connectivity index (χ4n) is 5.90. The van der Waals surface area contributed by atoms with E-state index < -0.39 is 15.7 Å². The molecule has 8 nitrogen and oxygen atoms in total. The molecule has 4 aromatic rings. The van der Waals surface area contributed by atoms with E-state index in [9.17, 15) is 22.4 Å². The van der Waals surface area contributed by atoms with Crippen molar-refractivity contribution in [1.82, 2.24) is 20.5 Å². The summed E-state index contributed by atoms with van der Waals surface area (Å²) in [5.74, 6) is -0.745. The summed E-state index contributed by atoms with van der Waals surface area (Å²) in [5.41, 5.74) is 1.33. The number of aromatic nitrogens is 3. The molecule has 2 aliphatic carbocycles. The smallest absolute Gasteiger partial charge is 0.272 e. The van der Waals surface area contributed by atoms with E-state index in [1.54, 1.807) is 6.07 Å². The zero-order chi connectivity index (χ0) is 24.5. The minimum atomic E-state index is -3.66. The van der Waals surface area contributed by atoms with Crippen molar-refractivity contribution in [3.05, 3.63) is 70.0 Å². The molecule has 1 amide bonds. The van der Waals surface area contributed by atoms with Crippen molar-refractivity contribution < 1.29 is 17.6 Å². The standard InChI is InChI=1S/C25H23FN4O4S/c1-35(33,34)20-8-15(26)6-13-7-19(28-22(13)20)24(32)27-16-11-25(12-16)9-14(10-25)21-17-4-2-3-5-18(17)23(31)30-29-21/h2-8,14,16,28H,9-12H2,1H3,(H,27,32)(H,30,31). The van der Waals surface area contributed by atoms with Gasteiger partial charge in [-0.2, -0.15) is 5.10 Å². The zero-order valence-corrected chi connectivity index (χ0v) is 19.7. The maximum atomic E-state index is 13.9. The summed E-state index contributed by atoms with van der Waals surface area (Å²) >= 11 is 0. The van der Waals surface area contributed by atoms with Gasteiger partial charge in [0.15, 0.2) is 9.84 Å². The molecule has 180 valence electrons. The van der Waals surface area contributed by atoms with Gasteiger partial charge in [0.1, 0.15) is 11.5 Å². The number of hydrogen-bond donors (Lipinski definition) is 3. The van der Waals surface area contributed by atoms with Crippen molar-refractivity contribution in [3.8, 4) is 0 Å². The lowest BCUT2D eigenvalue weighted by Crippen LogP contribution is -2.55. The minimum absolute atomic E-state index is 0.0151. The minimum Gasteiger partial charge on any atom is -0.349 e. The fraction of sp³-hybridized carbons (Fsp3) is 0.320. The molecule has 2 saturated carbocycles. The Morgan fingerprint density at radius 3 is 2.54 bits per heavy atom. The first kappa shape index (κ1) is 22.0. The number of aromatic amines is 2. The number of amides is 1. The highest BCUT2D eigenvalue weighted by atomic mass is 32.2. The van der Waals surface area contributed by atoms with Crippen LogP contribution in [0.5, 0.6) is 0 Å². The summed E-state index contributed by atoms with van der Waals surface area (Å²) in [6.07, 6.45) is 4.60. The van der Waals surface area contributed by atoms with Gasteiger partial charge in [-0.05, 0) is 55.4 Å². The van der Waals surface area contributed by atoms with Crippen LogP contribution >= 0.6 is 0 Å². The second-order valence-electron chi connectivity index (χ2n) is 9.99. The zero-order valence-electron chi connectivity index (χ0n) is 18.9. The molecule has 0 aliphatic heterocycles. The van der Waals surface area contributed by atoms with Crippen LogP contribution in [-0.4, -0.2) is 41.8 Å². The highest BCUT2D eigenvalue weighted by Gasteiger charge is 2.54. The van der Waals surface area contributed by atoms with Gasteiger partial charge in [0.05, 0.1) is 21.5 Å². The highest BCUT2D eigenvalue weighted by molar-refractivity contribution is 7.91. The van der Waals surface area contributed by atoms with Crippen molar-refractivity contribution in [1.29, 1.82) is 0 Å². The number of fused-ring (bicyclic) bond motifs is 2. The van der Waals surface area contributed by atoms with E-state index in [2.05, 4.69) is 20.5 Å². The first-order valence-corrected chi connectivity index (χ1v) is 13.3. The number of rotatable bonds is 4. The number of nitrogens with zero attached hydrogens (tertiary/aromatic N) is 1. The van der Waals surface area contributed by atoms with Gasteiger partial charge in [-0.1, -0.05) is 18.2 Å². The molecule has 0 atom stereocenters. The molecule has 6 rings (SSSR count). The monoisotopic (exact) mass is 494 g/mol. The predicted molar refractivity (Wildman–Crippen MR) is 129 cm³/mol. The lowest BCUT2D eigenvalue weighted by atomic mass is 9.49. The predicted octanol–water partition coefficient (Wildman–Crippen LogP) is 3.40. The van der Waals surface area contributed by atoms with Crippen molar-refractivity contribution in [2.75, 3.05) is 6.26 Å². The largest absolute Gasteiger partial charge is 0.349 e. The summed E-state index contributed by atoms with van der Waals surface area (Å²) in [6, 6.07) is 11.1. The van der Waals surface area contributed by atoms with E-state index in [1.807, 2.05) is 18.2 Å². The molecule has 0 bridgehead atoms. The molecular formula is C25H23FN4O4S.